The van der Waals surface area contributed by atoms with E-state index in [2.05, 4.69) is 35.3 Å². The second-order valence-electron chi connectivity index (χ2n) is 10.4. The van der Waals surface area contributed by atoms with Crippen LogP contribution >= 0.6 is 0 Å². The van der Waals surface area contributed by atoms with Gasteiger partial charge in [-0.15, -0.1) is 15.3 Å². The van der Waals surface area contributed by atoms with Crippen molar-refractivity contribution in [2.24, 2.45) is 11.8 Å². The molecule has 2 aliphatic rings. The van der Waals surface area contributed by atoms with Gasteiger partial charge in [0, 0.05) is 49.7 Å². The maximum absolute atomic E-state index is 12.8. The molecule has 1 aromatic carbocycles. The lowest BCUT2D eigenvalue weighted by Gasteiger charge is -2.28. The first-order valence-electron chi connectivity index (χ1n) is 18.0. The van der Waals surface area contributed by atoms with Crippen LogP contribution in [0.5, 0.6) is 5.75 Å². The number of carbonyl (C=O) groups excluding carboxylic acids is 1. The fraction of sp³-hybridized carbons (Fsp3) is 0.355. The number of amides is 1. The molecule has 1 N–H and O–H groups in total. The van der Waals surface area contributed by atoms with Crippen LogP contribution in [0.2, 0.25) is 0 Å². The van der Waals surface area contributed by atoms with Crippen LogP contribution in [-0.4, -0.2) is 76.0 Å². The third kappa shape index (κ3) is 5.41. The van der Waals surface area contributed by atoms with Gasteiger partial charge in [-0.1, -0.05) is 19.1 Å². The predicted octanol–water partition coefficient (Wildman–Crippen LogP) is 3.81. The first-order valence-corrected chi connectivity index (χ1v) is 13.5. The number of rotatable bonds is 8. The first-order chi connectivity index (χ1) is 24.4. The van der Waals surface area contributed by atoms with Crippen molar-refractivity contribution in [3.05, 3.63) is 60.4 Å². The zero-order valence-electron chi connectivity index (χ0n) is 32.5. The molecule has 0 bridgehead atoms. The van der Waals surface area contributed by atoms with E-state index in [1.54, 1.807) is 13.2 Å². The maximum Gasteiger partial charge on any atom is 0.228 e. The van der Waals surface area contributed by atoms with Gasteiger partial charge in [-0.25, -0.2) is 14.5 Å². The van der Waals surface area contributed by atoms with Crippen LogP contribution in [0, 0.1) is 11.8 Å². The van der Waals surface area contributed by atoms with Crippen LogP contribution in [0.15, 0.2) is 54.8 Å². The number of nitrogens with one attached hydrogen (secondary N) is 1. The van der Waals surface area contributed by atoms with Crippen molar-refractivity contribution in [3.8, 4) is 17.1 Å². The first kappa shape index (κ1) is 18.6. The molecule has 5 heterocycles. The fourth-order valence-electron chi connectivity index (χ4n) is 4.89. The smallest absolute Gasteiger partial charge is 0.228 e. The average Bonchev–Trinajstić information content (AvgIpc) is 3.65. The third-order valence-corrected chi connectivity index (χ3v) is 7.39. The van der Waals surface area contributed by atoms with Crippen molar-refractivity contribution in [2.75, 3.05) is 55.4 Å². The van der Waals surface area contributed by atoms with Gasteiger partial charge in [-0.2, -0.15) is 0 Å². The van der Waals surface area contributed by atoms with Gasteiger partial charge in [0.25, 0.3) is 0 Å². The van der Waals surface area contributed by atoms with Crippen molar-refractivity contribution in [2.45, 2.75) is 19.9 Å². The number of pyridine rings is 2. The Morgan fingerprint density at radius 3 is 2.74 bits per heavy atom. The number of nitrogens with zero attached hydrogens (tertiary/aromatic N) is 8. The third-order valence-electron chi connectivity index (χ3n) is 7.39. The largest absolute Gasteiger partial charge is 0.497 e. The Labute approximate surface area is 261 Å². The number of methoxy groups -OCH3 is 1. The molecule has 5 aromatic rings. The lowest BCUT2D eigenvalue weighted by atomic mass is 10.1. The summed E-state index contributed by atoms with van der Waals surface area (Å²) in [5.41, 5.74) is 1.26. The SMILES string of the molecule is [2H]c1c(N2C([2H])([2H])C([2H])([2H])OC([2H])([2H])C2([2H])[2H])ccc2nc(-c3cnc(N(C)Cc4ccc(OC)cc4)c4nnc(NC(=O)[C@H]5C[C@H]5C)cc34)nn12. The molecule has 0 spiro atoms. The molecule has 1 amide bonds. The summed E-state index contributed by atoms with van der Waals surface area (Å²) in [5.74, 6) is 1.38. The number of carbonyl (C=O) groups is 1. The van der Waals surface area contributed by atoms with Gasteiger partial charge in [-0.3, -0.25) is 4.79 Å². The van der Waals surface area contributed by atoms with E-state index in [0.29, 0.717) is 34.6 Å². The Morgan fingerprint density at radius 2 is 2.00 bits per heavy atom. The number of anilines is 3. The molecule has 1 saturated carbocycles. The Bertz CT molecular complexity index is 2190. The van der Waals surface area contributed by atoms with E-state index in [1.165, 1.54) is 12.3 Å². The van der Waals surface area contributed by atoms with Gasteiger partial charge in [0.05, 0.1) is 44.4 Å². The van der Waals surface area contributed by atoms with E-state index in [9.17, 15) is 4.79 Å². The van der Waals surface area contributed by atoms with E-state index in [-0.39, 0.29) is 39.9 Å². The average molecular weight is 589 g/mol. The topological polar surface area (TPSA) is 123 Å². The molecule has 2 atom stereocenters. The summed E-state index contributed by atoms with van der Waals surface area (Å²) in [4.78, 5) is 24.2. The number of aromatic nitrogens is 6. The van der Waals surface area contributed by atoms with E-state index in [4.69, 9.17) is 17.1 Å². The summed E-state index contributed by atoms with van der Waals surface area (Å²) in [6.07, 6.45) is 1.69. The highest BCUT2D eigenvalue weighted by molar-refractivity contribution is 6.01. The molecule has 2 fully saturated rings. The highest BCUT2D eigenvalue weighted by Crippen LogP contribution is 2.39. The number of hydrogen-bond acceptors (Lipinski definition) is 10. The fourth-order valence-corrected chi connectivity index (χ4v) is 4.89. The summed E-state index contributed by atoms with van der Waals surface area (Å²) >= 11 is 0. The van der Waals surface area contributed by atoms with Gasteiger partial charge < -0.3 is 24.6 Å². The minimum atomic E-state index is -3.31. The van der Waals surface area contributed by atoms with Gasteiger partial charge >= 0.3 is 0 Å². The van der Waals surface area contributed by atoms with Crippen LogP contribution in [-0.2, 0) is 16.1 Å². The number of ether oxygens (including phenoxy) is 2. The van der Waals surface area contributed by atoms with Crippen LogP contribution in [0.3, 0.4) is 0 Å². The van der Waals surface area contributed by atoms with E-state index >= 15 is 0 Å². The van der Waals surface area contributed by atoms with E-state index < -0.39 is 38.0 Å². The highest BCUT2D eigenvalue weighted by atomic mass is 16.5. The molecule has 1 aliphatic heterocycles. The Morgan fingerprint density at radius 1 is 1.21 bits per heavy atom. The molecule has 0 radical (unpaired) electrons. The molecule has 1 saturated heterocycles. The lowest BCUT2D eigenvalue weighted by molar-refractivity contribution is -0.117. The maximum atomic E-state index is 12.8. The molecule has 12 heteroatoms. The molecule has 43 heavy (non-hydrogen) atoms. The summed E-state index contributed by atoms with van der Waals surface area (Å²) in [5, 5.41) is 16.5. The Balaban J connectivity index is 1.33. The molecule has 12 nitrogen and oxygen atoms in total. The molecule has 7 rings (SSSR count). The quantitative estimate of drug-likeness (QED) is 0.286. The summed E-state index contributed by atoms with van der Waals surface area (Å²) < 4.78 is 85.8. The van der Waals surface area contributed by atoms with Crippen LogP contribution in [0.4, 0.5) is 17.3 Å². The summed E-state index contributed by atoms with van der Waals surface area (Å²) in [6, 6.07) is 11.7. The zero-order chi connectivity index (χ0) is 37.5. The van der Waals surface area contributed by atoms with Crippen LogP contribution in [0.1, 0.15) is 31.2 Å². The molecule has 220 valence electrons. The van der Waals surface area contributed by atoms with Gasteiger partial charge in [0.15, 0.2) is 23.1 Å². The number of benzene rings is 1. The zero-order valence-corrected chi connectivity index (χ0v) is 23.5. The molecule has 4 aromatic heterocycles. The molecule has 0 unspecified atom stereocenters. The monoisotopic (exact) mass is 588 g/mol. The standard InChI is InChI=1S/C31H33N9O3/c1-19-14-23(19)31(41)33-26-15-24-25(29-34-27-9-6-21(18-40(27)37-29)39-10-12-43-13-11-39)16-32-30(28(24)36-35-26)38(2)17-20-4-7-22(42-3)8-5-20/h4-9,15-16,18-19,23H,10-14,17H2,1-3H3,(H,33,35,41)/t19-,23+/m1/s1/i10D2,11D2,12D2,13D2,18D. The van der Waals surface area contributed by atoms with Crippen molar-refractivity contribution >= 4 is 39.8 Å². The van der Waals surface area contributed by atoms with E-state index in [1.807, 2.05) is 43.1 Å². The van der Waals surface area contributed by atoms with Crippen LogP contribution < -0.4 is 19.9 Å². The number of fused-ring (bicyclic) bond motifs is 2. The predicted molar refractivity (Wildman–Crippen MR) is 163 cm³/mol. The Hall–Kier alpha value is -4.84. The molecule has 1 aliphatic carbocycles. The van der Waals surface area contributed by atoms with Crippen LogP contribution in [0.25, 0.3) is 27.9 Å². The van der Waals surface area contributed by atoms with Crippen molar-refractivity contribution in [1.29, 1.82) is 0 Å². The van der Waals surface area contributed by atoms with Crippen molar-refractivity contribution < 1.29 is 26.6 Å². The second-order valence-corrected chi connectivity index (χ2v) is 10.4. The Kier molecular flexibility index (Phi) is 4.81. The number of morpholine rings is 1. The minimum absolute atomic E-state index is 0.0484. The highest BCUT2D eigenvalue weighted by Gasteiger charge is 2.39. The van der Waals surface area contributed by atoms with Gasteiger partial charge in [0.1, 0.15) is 11.3 Å². The van der Waals surface area contributed by atoms with Gasteiger partial charge in [-0.05, 0) is 48.2 Å². The van der Waals surface area contributed by atoms with E-state index in [0.717, 1.165) is 22.6 Å². The minimum Gasteiger partial charge on any atom is -0.497 e. The summed E-state index contributed by atoms with van der Waals surface area (Å²) in [7, 11) is 3.43. The normalized spacial score (nSPS) is 25.9. The summed E-state index contributed by atoms with van der Waals surface area (Å²) in [6.45, 7) is -10.7. The van der Waals surface area contributed by atoms with Crippen molar-refractivity contribution in [1.82, 2.24) is 29.8 Å². The molecular weight excluding hydrogens is 546 g/mol. The number of hydrogen-bond donors (Lipinski definition) is 1. The lowest BCUT2D eigenvalue weighted by Crippen LogP contribution is -2.36. The molecular formula is C31H33N9O3. The van der Waals surface area contributed by atoms with Crippen molar-refractivity contribution in [3.63, 3.8) is 0 Å². The second kappa shape index (κ2) is 11.1. The van der Waals surface area contributed by atoms with Gasteiger partial charge in [0.2, 0.25) is 5.91 Å².